The Hall–Kier alpha value is -2.04. The number of carbonyl (C=O) groups is 1. The van der Waals surface area contributed by atoms with Crippen LogP contribution in [0.4, 0.5) is 5.69 Å². The Morgan fingerprint density at radius 2 is 2.05 bits per heavy atom. The highest BCUT2D eigenvalue weighted by Gasteiger charge is 2.25. The van der Waals surface area contributed by atoms with Crippen LogP contribution in [-0.2, 0) is 11.8 Å². The lowest BCUT2D eigenvalue weighted by atomic mass is 9.86. The first-order valence-electron chi connectivity index (χ1n) is 7.47. The van der Waals surface area contributed by atoms with Crippen molar-refractivity contribution in [3.8, 4) is 0 Å². The van der Waals surface area contributed by atoms with E-state index in [1.807, 2.05) is 18.7 Å². The number of benzene rings is 1. The number of nitrogens with zero attached hydrogens (tertiary/aromatic N) is 2. The van der Waals surface area contributed by atoms with Gasteiger partial charge in [0.25, 0.3) is 0 Å². The number of aromatic nitrogens is 2. The molecular weight excluding hydrogens is 266 g/mol. The highest BCUT2D eigenvalue weighted by Crippen LogP contribution is 2.28. The third kappa shape index (κ3) is 2.73. The molecule has 2 aromatic rings. The quantitative estimate of drug-likeness (QED) is 0.911. The van der Waals surface area contributed by atoms with Gasteiger partial charge < -0.3 is 10.4 Å². The predicted molar refractivity (Wildman–Crippen MR) is 82.5 cm³/mol. The summed E-state index contributed by atoms with van der Waals surface area (Å²) in [6, 6.07) is 6.68. The largest absolute Gasteiger partial charge is 0.481 e. The van der Waals surface area contributed by atoms with Gasteiger partial charge in [-0.05, 0) is 50.8 Å². The summed E-state index contributed by atoms with van der Waals surface area (Å²) >= 11 is 0. The van der Waals surface area contributed by atoms with E-state index in [0.717, 1.165) is 42.6 Å². The number of anilines is 1. The summed E-state index contributed by atoms with van der Waals surface area (Å²) in [7, 11) is 1.96. The van der Waals surface area contributed by atoms with Gasteiger partial charge in [0.05, 0.1) is 17.1 Å². The standard InChI is InChI=1S/C16H21N3O2/c1-10-14-8-7-13(9-15(14)19(2)18-10)17-12-5-3-11(4-6-12)16(20)21/h7-9,11-12,17H,3-6H2,1-2H3,(H,20,21). The van der Waals surface area contributed by atoms with Crippen molar-refractivity contribution in [2.75, 3.05) is 5.32 Å². The maximum Gasteiger partial charge on any atom is 0.306 e. The van der Waals surface area contributed by atoms with Crippen molar-refractivity contribution in [1.82, 2.24) is 9.78 Å². The third-order valence-electron chi connectivity index (χ3n) is 4.48. The molecule has 1 fully saturated rings. The van der Waals surface area contributed by atoms with E-state index in [4.69, 9.17) is 5.11 Å². The van der Waals surface area contributed by atoms with Crippen LogP contribution >= 0.6 is 0 Å². The Morgan fingerprint density at radius 3 is 2.71 bits per heavy atom. The summed E-state index contributed by atoms with van der Waals surface area (Å²) in [5, 5.41) is 18.2. The van der Waals surface area contributed by atoms with Crippen LogP contribution in [0.3, 0.4) is 0 Å². The van der Waals surface area contributed by atoms with Gasteiger partial charge >= 0.3 is 5.97 Å². The van der Waals surface area contributed by atoms with E-state index in [0.29, 0.717) is 6.04 Å². The number of aliphatic carboxylic acids is 1. The Kier molecular flexibility index (Phi) is 3.57. The molecule has 5 nitrogen and oxygen atoms in total. The van der Waals surface area contributed by atoms with Crippen LogP contribution in [0.25, 0.3) is 10.9 Å². The van der Waals surface area contributed by atoms with Gasteiger partial charge in [-0.15, -0.1) is 0 Å². The fourth-order valence-electron chi connectivity index (χ4n) is 3.25. The van der Waals surface area contributed by atoms with E-state index in [1.54, 1.807) is 0 Å². The average molecular weight is 287 g/mol. The second-order valence-corrected chi connectivity index (χ2v) is 5.97. The number of fused-ring (bicyclic) bond motifs is 1. The van der Waals surface area contributed by atoms with Crippen molar-refractivity contribution in [2.24, 2.45) is 13.0 Å². The number of aryl methyl sites for hydroxylation is 2. The maximum atomic E-state index is 11.0. The van der Waals surface area contributed by atoms with E-state index in [1.165, 1.54) is 5.39 Å². The molecule has 5 heteroatoms. The molecule has 0 amide bonds. The number of rotatable bonds is 3. The molecule has 3 rings (SSSR count). The van der Waals surface area contributed by atoms with Crippen molar-refractivity contribution in [1.29, 1.82) is 0 Å². The highest BCUT2D eigenvalue weighted by atomic mass is 16.4. The maximum absolute atomic E-state index is 11.0. The van der Waals surface area contributed by atoms with E-state index in [9.17, 15) is 4.79 Å². The first-order chi connectivity index (χ1) is 10.0. The Labute approximate surface area is 124 Å². The second kappa shape index (κ2) is 5.39. The molecule has 2 N–H and O–H groups in total. The molecule has 1 aromatic carbocycles. The van der Waals surface area contributed by atoms with E-state index in [2.05, 4.69) is 28.6 Å². The van der Waals surface area contributed by atoms with Crippen molar-refractivity contribution < 1.29 is 9.90 Å². The highest BCUT2D eigenvalue weighted by molar-refractivity contribution is 5.85. The van der Waals surface area contributed by atoms with Crippen LogP contribution in [0.5, 0.6) is 0 Å². The zero-order valence-electron chi connectivity index (χ0n) is 12.5. The molecule has 1 aliphatic carbocycles. The van der Waals surface area contributed by atoms with Gasteiger partial charge in [0.15, 0.2) is 0 Å². The molecule has 0 unspecified atom stereocenters. The number of hydrogen-bond donors (Lipinski definition) is 2. The van der Waals surface area contributed by atoms with Crippen LogP contribution in [0.2, 0.25) is 0 Å². The number of carboxylic acids is 1. The average Bonchev–Trinajstić information content (AvgIpc) is 2.74. The molecule has 0 radical (unpaired) electrons. The smallest absolute Gasteiger partial charge is 0.306 e. The van der Waals surface area contributed by atoms with E-state index >= 15 is 0 Å². The van der Waals surface area contributed by atoms with Gasteiger partial charge in [-0.1, -0.05) is 0 Å². The Bertz CT molecular complexity index is 669. The monoisotopic (exact) mass is 287 g/mol. The van der Waals surface area contributed by atoms with Crippen LogP contribution in [0, 0.1) is 12.8 Å². The van der Waals surface area contributed by atoms with E-state index in [-0.39, 0.29) is 5.92 Å². The molecule has 21 heavy (non-hydrogen) atoms. The van der Waals surface area contributed by atoms with E-state index < -0.39 is 5.97 Å². The molecule has 1 heterocycles. The van der Waals surface area contributed by atoms with Crippen LogP contribution < -0.4 is 5.32 Å². The molecule has 0 atom stereocenters. The summed E-state index contributed by atoms with van der Waals surface area (Å²) in [6.07, 6.45) is 3.36. The Morgan fingerprint density at radius 1 is 1.33 bits per heavy atom. The predicted octanol–water partition coefficient (Wildman–Crippen LogP) is 2.94. The summed E-state index contributed by atoms with van der Waals surface area (Å²) in [5.41, 5.74) is 3.25. The molecule has 0 spiro atoms. The fraction of sp³-hybridized carbons (Fsp3) is 0.500. The molecule has 0 bridgehead atoms. The fourth-order valence-corrected chi connectivity index (χ4v) is 3.25. The third-order valence-corrected chi connectivity index (χ3v) is 4.48. The van der Waals surface area contributed by atoms with Gasteiger partial charge in [-0.3, -0.25) is 9.48 Å². The molecule has 0 aliphatic heterocycles. The normalized spacial score (nSPS) is 22.4. The van der Waals surface area contributed by atoms with Crippen molar-refractivity contribution in [3.63, 3.8) is 0 Å². The minimum absolute atomic E-state index is 0.162. The lowest BCUT2D eigenvalue weighted by molar-refractivity contribution is -0.142. The first kappa shape index (κ1) is 13.9. The van der Waals surface area contributed by atoms with Crippen LogP contribution in [0.15, 0.2) is 18.2 Å². The molecular formula is C16H21N3O2. The van der Waals surface area contributed by atoms with Gasteiger partial charge in [0.2, 0.25) is 0 Å². The number of hydrogen-bond acceptors (Lipinski definition) is 3. The Balaban J connectivity index is 1.71. The zero-order chi connectivity index (χ0) is 15.0. The first-order valence-corrected chi connectivity index (χ1v) is 7.47. The van der Waals surface area contributed by atoms with Crippen molar-refractivity contribution >= 4 is 22.6 Å². The number of carboxylic acid groups (broad SMARTS) is 1. The molecule has 1 aliphatic rings. The SMILES string of the molecule is Cc1nn(C)c2cc(NC3CCC(C(=O)O)CC3)ccc12. The summed E-state index contributed by atoms with van der Waals surface area (Å²) in [4.78, 5) is 11.0. The molecule has 0 saturated heterocycles. The topological polar surface area (TPSA) is 67.2 Å². The number of nitrogens with one attached hydrogen (secondary N) is 1. The molecule has 112 valence electrons. The minimum Gasteiger partial charge on any atom is -0.481 e. The van der Waals surface area contributed by atoms with Gasteiger partial charge in [-0.25, -0.2) is 0 Å². The lowest BCUT2D eigenvalue weighted by Crippen LogP contribution is -2.29. The summed E-state index contributed by atoms with van der Waals surface area (Å²) < 4.78 is 1.90. The van der Waals surface area contributed by atoms with Crippen LogP contribution in [0.1, 0.15) is 31.4 Å². The summed E-state index contributed by atoms with van der Waals surface area (Å²) in [5.74, 6) is -0.814. The molecule has 1 saturated carbocycles. The van der Waals surface area contributed by atoms with Crippen molar-refractivity contribution in [2.45, 2.75) is 38.6 Å². The molecule has 1 aromatic heterocycles. The lowest BCUT2D eigenvalue weighted by Gasteiger charge is -2.27. The second-order valence-electron chi connectivity index (χ2n) is 5.97. The van der Waals surface area contributed by atoms with Crippen LogP contribution in [-0.4, -0.2) is 26.9 Å². The van der Waals surface area contributed by atoms with Gasteiger partial charge in [-0.2, -0.15) is 5.10 Å². The summed E-state index contributed by atoms with van der Waals surface area (Å²) in [6.45, 7) is 2.02. The van der Waals surface area contributed by atoms with Gasteiger partial charge in [0, 0.05) is 24.2 Å². The van der Waals surface area contributed by atoms with Gasteiger partial charge in [0.1, 0.15) is 0 Å². The minimum atomic E-state index is -0.653. The zero-order valence-corrected chi connectivity index (χ0v) is 12.5. The van der Waals surface area contributed by atoms with Crippen molar-refractivity contribution in [3.05, 3.63) is 23.9 Å².